The molecule has 1 aromatic heterocycles. The molecular weight excluding hydrogens is 384 g/mol. The zero-order valence-electron chi connectivity index (χ0n) is 16.3. The molecule has 1 amide bonds. The van der Waals surface area contributed by atoms with E-state index in [2.05, 4.69) is 34.6 Å². The number of hydrogen-bond donors (Lipinski definition) is 1. The van der Waals surface area contributed by atoms with E-state index in [1.807, 2.05) is 36.4 Å². The minimum Gasteiger partial charge on any atom is -0.355 e. The summed E-state index contributed by atoms with van der Waals surface area (Å²) in [6, 6.07) is 22.5. The normalized spacial score (nSPS) is 11.2. The van der Waals surface area contributed by atoms with Crippen molar-refractivity contribution in [3.8, 4) is 0 Å². The molecular formula is C24H21F2N3O. The lowest BCUT2D eigenvalue weighted by Gasteiger charge is -2.18. The Labute approximate surface area is 173 Å². The summed E-state index contributed by atoms with van der Waals surface area (Å²) in [5.74, 6) is -1.96. The number of imidazole rings is 1. The molecule has 0 atom stereocenters. The molecule has 0 aliphatic carbocycles. The van der Waals surface area contributed by atoms with Gasteiger partial charge in [-0.3, -0.25) is 4.79 Å². The Kier molecular flexibility index (Phi) is 5.84. The Morgan fingerprint density at radius 1 is 0.933 bits per heavy atom. The number of carbonyl (C=O) groups is 1. The Hall–Kier alpha value is -3.54. The zero-order chi connectivity index (χ0) is 20.9. The highest BCUT2D eigenvalue weighted by Gasteiger charge is 2.15. The van der Waals surface area contributed by atoms with Crippen LogP contribution in [-0.4, -0.2) is 22.0 Å². The number of rotatable bonds is 7. The van der Waals surface area contributed by atoms with Gasteiger partial charge in [0.1, 0.15) is 6.54 Å². The van der Waals surface area contributed by atoms with Crippen LogP contribution in [0.1, 0.15) is 23.5 Å². The summed E-state index contributed by atoms with van der Waals surface area (Å²) in [6.45, 7) is 0.478. The minimum absolute atomic E-state index is 0.0110. The standard InChI is InChI=1S/C24H21F2N3O/c25-20-13-22-23(14-21(20)26)29(16-28-22)15-24(30)27-12-11-19(17-7-3-1-4-8-17)18-9-5-2-6-10-18/h1-10,13-14,16,19H,11-12,15H2,(H,27,30). The summed E-state index contributed by atoms with van der Waals surface area (Å²) in [7, 11) is 0. The van der Waals surface area contributed by atoms with Gasteiger partial charge in [0.05, 0.1) is 17.4 Å². The summed E-state index contributed by atoms with van der Waals surface area (Å²) >= 11 is 0. The van der Waals surface area contributed by atoms with Gasteiger partial charge in [0, 0.05) is 24.6 Å². The van der Waals surface area contributed by atoms with Crippen molar-refractivity contribution in [3.63, 3.8) is 0 Å². The lowest BCUT2D eigenvalue weighted by atomic mass is 9.88. The van der Waals surface area contributed by atoms with Gasteiger partial charge >= 0.3 is 0 Å². The molecule has 4 aromatic rings. The van der Waals surface area contributed by atoms with Gasteiger partial charge in [-0.2, -0.15) is 0 Å². The minimum atomic E-state index is -0.960. The van der Waals surface area contributed by atoms with Crippen LogP contribution < -0.4 is 5.32 Å². The van der Waals surface area contributed by atoms with Gasteiger partial charge < -0.3 is 9.88 Å². The molecule has 0 bridgehead atoms. The Morgan fingerprint density at radius 2 is 1.53 bits per heavy atom. The van der Waals surface area contributed by atoms with Crippen molar-refractivity contribution in [2.75, 3.05) is 6.54 Å². The van der Waals surface area contributed by atoms with Gasteiger partial charge in [-0.1, -0.05) is 60.7 Å². The van der Waals surface area contributed by atoms with Crippen LogP contribution in [0, 0.1) is 11.6 Å². The van der Waals surface area contributed by atoms with Crippen LogP contribution >= 0.6 is 0 Å². The molecule has 4 rings (SSSR count). The van der Waals surface area contributed by atoms with Crippen molar-refractivity contribution in [2.24, 2.45) is 0 Å². The summed E-state index contributed by atoms with van der Waals surface area (Å²) < 4.78 is 28.4. The molecule has 0 unspecified atom stereocenters. The van der Waals surface area contributed by atoms with Gasteiger partial charge in [0.15, 0.2) is 11.6 Å². The van der Waals surface area contributed by atoms with Crippen LogP contribution in [-0.2, 0) is 11.3 Å². The molecule has 1 N–H and O–H groups in total. The predicted octanol–water partition coefficient (Wildman–Crippen LogP) is 4.65. The maximum absolute atomic E-state index is 13.5. The maximum Gasteiger partial charge on any atom is 0.239 e. The Bertz CT molecular complexity index is 1100. The van der Waals surface area contributed by atoms with Crippen molar-refractivity contribution in [1.29, 1.82) is 0 Å². The molecule has 0 spiro atoms. The topological polar surface area (TPSA) is 46.9 Å². The van der Waals surface area contributed by atoms with E-state index < -0.39 is 11.6 Å². The fourth-order valence-corrected chi connectivity index (χ4v) is 3.64. The van der Waals surface area contributed by atoms with E-state index in [1.165, 1.54) is 22.0 Å². The van der Waals surface area contributed by atoms with Gasteiger partial charge in [0.25, 0.3) is 0 Å². The third kappa shape index (κ3) is 4.38. The van der Waals surface area contributed by atoms with Crippen molar-refractivity contribution in [1.82, 2.24) is 14.9 Å². The van der Waals surface area contributed by atoms with E-state index in [0.29, 0.717) is 17.6 Å². The van der Waals surface area contributed by atoms with Crippen LogP contribution in [0.2, 0.25) is 0 Å². The zero-order valence-corrected chi connectivity index (χ0v) is 16.3. The van der Waals surface area contributed by atoms with Crippen molar-refractivity contribution in [2.45, 2.75) is 18.9 Å². The first-order chi connectivity index (χ1) is 14.6. The van der Waals surface area contributed by atoms with E-state index in [9.17, 15) is 13.6 Å². The number of nitrogens with one attached hydrogen (secondary N) is 1. The summed E-state index contributed by atoms with van der Waals surface area (Å²) in [6.07, 6.45) is 2.16. The quantitative estimate of drug-likeness (QED) is 0.486. The highest BCUT2D eigenvalue weighted by molar-refractivity contribution is 5.80. The average Bonchev–Trinajstić information content (AvgIpc) is 3.14. The fraction of sp³-hybridized carbons (Fsp3) is 0.167. The summed E-state index contributed by atoms with van der Waals surface area (Å²) in [5.41, 5.74) is 3.08. The number of carbonyl (C=O) groups excluding carboxylic acids is 1. The van der Waals surface area contributed by atoms with E-state index in [-0.39, 0.29) is 18.4 Å². The van der Waals surface area contributed by atoms with Crippen molar-refractivity contribution >= 4 is 16.9 Å². The molecule has 0 saturated carbocycles. The SMILES string of the molecule is O=C(Cn1cnc2cc(F)c(F)cc21)NCCC(c1ccccc1)c1ccccc1. The summed E-state index contributed by atoms with van der Waals surface area (Å²) in [5, 5.41) is 2.93. The Balaban J connectivity index is 1.41. The molecule has 6 heteroatoms. The highest BCUT2D eigenvalue weighted by Crippen LogP contribution is 2.27. The number of hydrogen-bond acceptors (Lipinski definition) is 2. The monoisotopic (exact) mass is 405 g/mol. The van der Waals surface area contributed by atoms with Crippen molar-refractivity contribution in [3.05, 3.63) is 102 Å². The van der Waals surface area contributed by atoms with E-state index >= 15 is 0 Å². The Morgan fingerprint density at radius 3 is 2.17 bits per heavy atom. The number of nitrogens with zero attached hydrogens (tertiary/aromatic N) is 2. The van der Waals surface area contributed by atoms with Crippen LogP contribution in [0.5, 0.6) is 0 Å². The number of aromatic nitrogens is 2. The second-order valence-electron chi connectivity index (χ2n) is 7.14. The summed E-state index contributed by atoms with van der Waals surface area (Å²) in [4.78, 5) is 16.5. The van der Waals surface area contributed by atoms with Crippen LogP contribution in [0.15, 0.2) is 79.1 Å². The largest absolute Gasteiger partial charge is 0.355 e. The van der Waals surface area contributed by atoms with E-state index in [1.54, 1.807) is 0 Å². The second-order valence-corrected chi connectivity index (χ2v) is 7.14. The second kappa shape index (κ2) is 8.86. The van der Waals surface area contributed by atoms with Gasteiger partial charge in [0.2, 0.25) is 5.91 Å². The molecule has 4 nitrogen and oxygen atoms in total. The van der Waals surface area contributed by atoms with E-state index in [4.69, 9.17) is 0 Å². The molecule has 0 fully saturated rings. The fourth-order valence-electron chi connectivity index (χ4n) is 3.64. The smallest absolute Gasteiger partial charge is 0.239 e. The molecule has 3 aromatic carbocycles. The van der Waals surface area contributed by atoms with E-state index in [0.717, 1.165) is 18.6 Å². The third-order valence-electron chi connectivity index (χ3n) is 5.14. The first-order valence-corrected chi connectivity index (χ1v) is 9.78. The lowest BCUT2D eigenvalue weighted by Crippen LogP contribution is -2.29. The maximum atomic E-state index is 13.5. The highest BCUT2D eigenvalue weighted by atomic mass is 19.2. The van der Waals surface area contributed by atoms with Crippen molar-refractivity contribution < 1.29 is 13.6 Å². The van der Waals surface area contributed by atoms with Gasteiger partial charge in [-0.05, 0) is 17.5 Å². The van der Waals surface area contributed by atoms with Crippen LogP contribution in [0.25, 0.3) is 11.0 Å². The molecule has 0 saturated heterocycles. The number of amides is 1. The molecule has 30 heavy (non-hydrogen) atoms. The average molecular weight is 405 g/mol. The number of fused-ring (bicyclic) bond motifs is 1. The first kappa shape index (κ1) is 19.8. The molecule has 0 aliphatic rings. The molecule has 0 aliphatic heterocycles. The lowest BCUT2D eigenvalue weighted by molar-refractivity contribution is -0.121. The third-order valence-corrected chi connectivity index (χ3v) is 5.14. The molecule has 1 heterocycles. The van der Waals surface area contributed by atoms with Crippen LogP contribution in [0.4, 0.5) is 8.78 Å². The van der Waals surface area contributed by atoms with Crippen LogP contribution in [0.3, 0.4) is 0 Å². The number of benzene rings is 3. The number of halogens is 2. The van der Waals surface area contributed by atoms with Gasteiger partial charge in [-0.15, -0.1) is 0 Å². The van der Waals surface area contributed by atoms with Gasteiger partial charge in [-0.25, -0.2) is 13.8 Å². The first-order valence-electron chi connectivity index (χ1n) is 9.78. The molecule has 0 radical (unpaired) electrons. The predicted molar refractivity (Wildman–Crippen MR) is 112 cm³/mol. The molecule has 152 valence electrons.